The maximum Gasteiger partial charge on any atom is 0.257 e. The Morgan fingerprint density at radius 1 is 1.50 bits per heavy atom. The summed E-state index contributed by atoms with van der Waals surface area (Å²) >= 11 is 0.806. The van der Waals surface area contributed by atoms with Gasteiger partial charge in [0.05, 0.1) is 12.8 Å². The molecule has 0 unspecified atom stereocenters. The van der Waals surface area contributed by atoms with Gasteiger partial charge in [0.1, 0.15) is 5.75 Å². The minimum atomic E-state index is -0.393. The average molecular weight is 266 g/mol. The quantitative estimate of drug-likeness (QED) is 0.929. The number of nitrogens with zero attached hydrogens (tertiary/aromatic N) is 1. The molecular weight excluding hydrogens is 255 g/mol. The summed E-state index contributed by atoms with van der Waals surface area (Å²) in [6.07, 6.45) is 0. The molecule has 0 radical (unpaired) electrons. The van der Waals surface area contributed by atoms with E-state index in [1.165, 1.54) is 7.11 Å². The second-order valence-electron chi connectivity index (χ2n) is 3.56. The Hall–Kier alpha value is -1.95. The van der Waals surface area contributed by atoms with Gasteiger partial charge in [-0.25, -0.2) is 4.98 Å². The van der Waals surface area contributed by atoms with Crippen molar-refractivity contribution in [2.24, 2.45) is 0 Å². The van der Waals surface area contributed by atoms with Gasteiger partial charge in [-0.1, -0.05) is 17.4 Å². The van der Waals surface area contributed by atoms with Crippen LogP contribution < -0.4 is 10.1 Å². The van der Waals surface area contributed by atoms with E-state index in [9.17, 15) is 9.18 Å². The summed E-state index contributed by atoms with van der Waals surface area (Å²) in [5, 5.41) is 2.40. The largest absolute Gasteiger partial charge is 0.497 e. The van der Waals surface area contributed by atoms with E-state index < -0.39 is 5.13 Å². The fraction of sp³-hybridized carbons (Fsp3) is 0.167. The number of thiazole rings is 1. The van der Waals surface area contributed by atoms with Crippen molar-refractivity contribution < 1.29 is 13.9 Å². The van der Waals surface area contributed by atoms with E-state index >= 15 is 0 Å². The lowest BCUT2D eigenvalue weighted by atomic mass is 10.2. The molecule has 0 aliphatic rings. The number of hydrogen-bond acceptors (Lipinski definition) is 4. The molecule has 0 aliphatic carbocycles. The van der Waals surface area contributed by atoms with Crippen molar-refractivity contribution in [2.45, 2.75) is 6.92 Å². The van der Waals surface area contributed by atoms with Crippen LogP contribution in [-0.4, -0.2) is 18.0 Å². The Kier molecular flexibility index (Phi) is 3.57. The van der Waals surface area contributed by atoms with E-state index in [0.717, 1.165) is 11.3 Å². The predicted octanol–water partition coefficient (Wildman–Crippen LogP) is 2.85. The number of methoxy groups -OCH3 is 1. The van der Waals surface area contributed by atoms with E-state index in [2.05, 4.69) is 10.3 Å². The molecule has 1 amide bonds. The number of nitrogens with one attached hydrogen (secondary N) is 1. The van der Waals surface area contributed by atoms with Crippen molar-refractivity contribution in [3.63, 3.8) is 0 Å². The average Bonchev–Trinajstić information content (AvgIpc) is 2.68. The lowest BCUT2D eigenvalue weighted by Crippen LogP contribution is -2.11. The van der Waals surface area contributed by atoms with E-state index in [1.54, 1.807) is 31.2 Å². The molecule has 4 nitrogen and oxygen atoms in total. The zero-order valence-corrected chi connectivity index (χ0v) is 10.7. The normalized spacial score (nSPS) is 10.2. The van der Waals surface area contributed by atoms with Crippen molar-refractivity contribution in [2.75, 3.05) is 12.4 Å². The maximum atomic E-state index is 13.1. The summed E-state index contributed by atoms with van der Waals surface area (Å²) in [7, 11) is 1.52. The Labute approximate surface area is 107 Å². The van der Waals surface area contributed by atoms with Crippen LogP contribution in [0.4, 0.5) is 9.52 Å². The molecule has 0 aliphatic heterocycles. The van der Waals surface area contributed by atoms with Crippen LogP contribution in [0.1, 0.15) is 16.1 Å². The van der Waals surface area contributed by atoms with Crippen molar-refractivity contribution in [3.05, 3.63) is 40.7 Å². The van der Waals surface area contributed by atoms with Crippen molar-refractivity contribution in [1.82, 2.24) is 4.98 Å². The number of benzene rings is 1. The molecule has 0 fully saturated rings. The van der Waals surface area contributed by atoms with Crippen LogP contribution in [0.5, 0.6) is 5.75 Å². The fourth-order valence-corrected chi connectivity index (χ4v) is 2.05. The molecule has 1 heterocycles. The molecule has 94 valence electrons. The van der Waals surface area contributed by atoms with Crippen LogP contribution in [-0.2, 0) is 0 Å². The molecule has 2 aromatic rings. The SMILES string of the molecule is COc1cccc(C(=O)Nc2nc(C)c(F)s2)c1. The van der Waals surface area contributed by atoms with Crippen LogP contribution in [0.25, 0.3) is 0 Å². The Morgan fingerprint density at radius 2 is 2.28 bits per heavy atom. The van der Waals surface area contributed by atoms with E-state index in [0.29, 0.717) is 11.3 Å². The number of ether oxygens (including phenoxy) is 1. The third-order valence-electron chi connectivity index (χ3n) is 2.29. The van der Waals surface area contributed by atoms with Crippen LogP contribution in [0.2, 0.25) is 0 Å². The first-order valence-corrected chi connectivity index (χ1v) is 6.00. The van der Waals surface area contributed by atoms with Gasteiger partial charge in [-0.05, 0) is 25.1 Å². The van der Waals surface area contributed by atoms with Gasteiger partial charge in [-0.2, -0.15) is 4.39 Å². The highest BCUT2D eigenvalue weighted by molar-refractivity contribution is 7.14. The smallest absolute Gasteiger partial charge is 0.257 e. The van der Waals surface area contributed by atoms with Crippen LogP contribution in [0.3, 0.4) is 0 Å². The molecule has 0 saturated heterocycles. The second kappa shape index (κ2) is 5.14. The molecule has 1 aromatic heterocycles. The molecule has 0 bridgehead atoms. The summed E-state index contributed by atoms with van der Waals surface area (Å²) in [6.45, 7) is 1.55. The molecule has 6 heteroatoms. The predicted molar refractivity (Wildman–Crippen MR) is 67.8 cm³/mol. The van der Waals surface area contributed by atoms with Gasteiger partial charge in [-0.15, -0.1) is 0 Å². The Morgan fingerprint density at radius 3 is 2.89 bits per heavy atom. The maximum absolute atomic E-state index is 13.1. The topological polar surface area (TPSA) is 51.2 Å². The number of carbonyl (C=O) groups excluding carboxylic acids is 1. The van der Waals surface area contributed by atoms with Crippen molar-refractivity contribution in [3.8, 4) is 5.75 Å². The Bertz CT molecular complexity index is 564. The van der Waals surface area contributed by atoms with Gasteiger partial charge in [0.15, 0.2) is 5.13 Å². The van der Waals surface area contributed by atoms with Gasteiger partial charge >= 0.3 is 0 Å². The van der Waals surface area contributed by atoms with Crippen LogP contribution in [0.15, 0.2) is 24.3 Å². The first kappa shape index (κ1) is 12.5. The molecular formula is C12H11FN2O2S. The lowest BCUT2D eigenvalue weighted by Gasteiger charge is -2.03. The first-order chi connectivity index (χ1) is 8.60. The zero-order valence-electron chi connectivity index (χ0n) is 9.86. The van der Waals surface area contributed by atoms with Gasteiger partial charge < -0.3 is 4.74 Å². The Balaban J connectivity index is 2.16. The minimum absolute atomic E-state index is 0.248. The number of amides is 1. The summed E-state index contributed by atoms with van der Waals surface area (Å²) in [6, 6.07) is 6.70. The number of carbonyl (C=O) groups is 1. The third kappa shape index (κ3) is 2.65. The number of halogens is 1. The highest BCUT2D eigenvalue weighted by Crippen LogP contribution is 2.21. The standard InChI is InChI=1S/C12H11FN2O2S/c1-7-10(13)18-12(14-7)15-11(16)8-4-3-5-9(6-8)17-2/h3-6H,1-2H3,(H,14,15,16). The van der Waals surface area contributed by atoms with Gasteiger partial charge in [-0.3, -0.25) is 10.1 Å². The van der Waals surface area contributed by atoms with E-state index in [4.69, 9.17) is 4.74 Å². The second-order valence-corrected chi connectivity index (χ2v) is 4.51. The molecule has 0 atom stereocenters. The van der Waals surface area contributed by atoms with Crippen molar-refractivity contribution >= 4 is 22.4 Å². The fourth-order valence-electron chi connectivity index (χ4n) is 1.36. The highest BCUT2D eigenvalue weighted by atomic mass is 32.1. The van der Waals surface area contributed by atoms with Crippen LogP contribution >= 0.6 is 11.3 Å². The molecule has 1 N–H and O–H groups in total. The summed E-state index contributed by atoms with van der Waals surface area (Å²) in [5.74, 6) is 0.242. The lowest BCUT2D eigenvalue weighted by molar-refractivity contribution is 0.102. The monoisotopic (exact) mass is 266 g/mol. The van der Waals surface area contributed by atoms with Gasteiger partial charge in [0.25, 0.3) is 5.91 Å². The van der Waals surface area contributed by atoms with E-state index in [1.807, 2.05) is 0 Å². The number of hydrogen-bond donors (Lipinski definition) is 1. The zero-order chi connectivity index (χ0) is 13.1. The van der Waals surface area contributed by atoms with Gasteiger partial charge in [0, 0.05) is 5.56 Å². The summed E-state index contributed by atoms with van der Waals surface area (Å²) < 4.78 is 18.1. The number of aryl methyl sites for hydroxylation is 1. The minimum Gasteiger partial charge on any atom is -0.497 e. The summed E-state index contributed by atoms with van der Waals surface area (Å²) in [4.78, 5) is 15.8. The number of rotatable bonds is 3. The molecule has 1 aromatic carbocycles. The molecule has 0 spiro atoms. The molecule has 0 saturated carbocycles. The number of aromatic nitrogens is 1. The first-order valence-electron chi connectivity index (χ1n) is 5.18. The molecule has 2 rings (SSSR count). The molecule has 18 heavy (non-hydrogen) atoms. The third-order valence-corrected chi connectivity index (χ3v) is 3.15. The number of anilines is 1. The van der Waals surface area contributed by atoms with E-state index in [-0.39, 0.29) is 16.7 Å². The van der Waals surface area contributed by atoms with Crippen LogP contribution in [0, 0.1) is 12.1 Å². The summed E-state index contributed by atoms with van der Waals surface area (Å²) in [5.41, 5.74) is 0.712. The van der Waals surface area contributed by atoms with Gasteiger partial charge in [0.2, 0.25) is 5.13 Å². The highest BCUT2D eigenvalue weighted by Gasteiger charge is 2.11. The van der Waals surface area contributed by atoms with Crippen molar-refractivity contribution in [1.29, 1.82) is 0 Å².